The third kappa shape index (κ3) is 3.33. The van der Waals surface area contributed by atoms with E-state index in [0.29, 0.717) is 5.02 Å². The third-order valence-electron chi connectivity index (χ3n) is 2.90. The molecule has 0 unspecified atom stereocenters. The predicted molar refractivity (Wildman–Crippen MR) is 73.7 cm³/mol. The number of rotatable bonds is 3. The summed E-state index contributed by atoms with van der Waals surface area (Å²) in [5, 5.41) is 3.31. The minimum absolute atomic E-state index is 0.0738. The molecule has 0 saturated carbocycles. The van der Waals surface area contributed by atoms with E-state index in [4.69, 9.17) is 11.6 Å². The second-order valence-electron chi connectivity index (χ2n) is 4.38. The fourth-order valence-corrected chi connectivity index (χ4v) is 1.88. The number of benzene rings is 2. The number of hydrogen-bond donors (Lipinski definition) is 1. The van der Waals surface area contributed by atoms with Crippen molar-refractivity contribution in [2.45, 2.75) is 13.0 Å². The Morgan fingerprint density at radius 1 is 1.10 bits per heavy atom. The second-order valence-corrected chi connectivity index (χ2v) is 4.81. The molecule has 2 nitrogen and oxygen atoms in total. The molecular weight excluding hydrogens is 284 g/mol. The number of carbonyl (C=O) groups is 1. The van der Waals surface area contributed by atoms with Crippen LogP contribution in [-0.2, 0) is 0 Å². The monoisotopic (exact) mass is 295 g/mol. The molecule has 0 heterocycles. The molecule has 104 valence electrons. The normalized spacial score (nSPS) is 12.0. The number of hydrogen-bond acceptors (Lipinski definition) is 1. The quantitative estimate of drug-likeness (QED) is 0.907. The SMILES string of the molecule is C[C@H](NC(=O)c1ccc(F)c(F)c1)c1ccc(Cl)cc1. The van der Waals surface area contributed by atoms with Crippen molar-refractivity contribution in [2.75, 3.05) is 0 Å². The highest BCUT2D eigenvalue weighted by atomic mass is 35.5. The van der Waals surface area contributed by atoms with E-state index in [0.717, 1.165) is 17.7 Å². The van der Waals surface area contributed by atoms with Crippen LogP contribution in [-0.4, -0.2) is 5.91 Å². The fourth-order valence-electron chi connectivity index (χ4n) is 1.75. The number of carbonyl (C=O) groups excluding carboxylic acids is 1. The fraction of sp³-hybridized carbons (Fsp3) is 0.133. The molecule has 0 spiro atoms. The van der Waals surface area contributed by atoms with E-state index in [1.165, 1.54) is 6.07 Å². The van der Waals surface area contributed by atoms with Gasteiger partial charge >= 0.3 is 0 Å². The van der Waals surface area contributed by atoms with Crippen LogP contribution >= 0.6 is 11.6 Å². The average molecular weight is 296 g/mol. The zero-order chi connectivity index (χ0) is 14.7. The second kappa shape index (κ2) is 6.01. The van der Waals surface area contributed by atoms with E-state index in [1.807, 2.05) is 0 Å². The highest BCUT2D eigenvalue weighted by molar-refractivity contribution is 6.30. The van der Waals surface area contributed by atoms with Crippen molar-refractivity contribution in [2.24, 2.45) is 0 Å². The van der Waals surface area contributed by atoms with E-state index >= 15 is 0 Å². The molecule has 2 aromatic carbocycles. The average Bonchev–Trinajstić information content (AvgIpc) is 2.42. The van der Waals surface area contributed by atoms with Gasteiger partial charge in [-0.15, -0.1) is 0 Å². The van der Waals surface area contributed by atoms with Crippen LogP contribution in [0.25, 0.3) is 0 Å². The molecule has 1 amide bonds. The largest absolute Gasteiger partial charge is 0.346 e. The van der Waals surface area contributed by atoms with Crippen LogP contribution in [0.4, 0.5) is 8.78 Å². The van der Waals surface area contributed by atoms with E-state index in [9.17, 15) is 13.6 Å². The first-order valence-corrected chi connectivity index (χ1v) is 6.36. The highest BCUT2D eigenvalue weighted by Gasteiger charge is 2.13. The van der Waals surface area contributed by atoms with E-state index in [2.05, 4.69) is 5.32 Å². The lowest BCUT2D eigenvalue weighted by atomic mass is 10.1. The highest BCUT2D eigenvalue weighted by Crippen LogP contribution is 2.17. The molecule has 0 aromatic heterocycles. The van der Waals surface area contributed by atoms with Gasteiger partial charge in [-0.25, -0.2) is 8.78 Å². The van der Waals surface area contributed by atoms with Gasteiger partial charge in [0.15, 0.2) is 11.6 Å². The van der Waals surface area contributed by atoms with Crippen LogP contribution in [0, 0.1) is 11.6 Å². The number of nitrogens with one attached hydrogen (secondary N) is 1. The van der Waals surface area contributed by atoms with Gasteiger partial charge in [0.1, 0.15) is 0 Å². The first-order valence-electron chi connectivity index (χ1n) is 5.99. The maximum absolute atomic E-state index is 13.1. The topological polar surface area (TPSA) is 29.1 Å². The molecule has 1 N–H and O–H groups in total. The lowest BCUT2D eigenvalue weighted by Gasteiger charge is -2.14. The van der Waals surface area contributed by atoms with Crippen molar-refractivity contribution < 1.29 is 13.6 Å². The van der Waals surface area contributed by atoms with Crippen molar-refractivity contribution in [3.63, 3.8) is 0 Å². The smallest absolute Gasteiger partial charge is 0.251 e. The van der Waals surface area contributed by atoms with Gasteiger partial charge in [0.05, 0.1) is 6.04 Å². The molecule has 0 fully saturated rings. The molecule has 20 heavy (non-hydrogen) atoms. The molecule has 2 aromatic rings. The number of amides is 1. The lowest BCUT2D eigenvalue weighted by molar-refractivity contribution is 0.0939. The summed E-state index contributed by atoms with van der Waals surface area (Å²) in [6.07, 6.45) is 0. The van der Waals surface area contributed by atoms with Gasteiger partial charge in [0.25, 0.3) is 5.91 Å². The summed E-state index contributed by atoms with van der Waals surface area (Å²) in [4.78, 5) is 11.9. The zero-order valence-electron chi connectivity index (χ0n) is 10.7. The van der Waals surface area contributed by atoms with Crippen LogP contribution in [0.2, 0.25) is 5.02 Å². The van der Waals surface area contributed by atoms with Crippen molar-refractivity contribution in [3.8, 4) is 0 Å². The molecule has 0 aliphatic rings. The van der Waals surface area contributed by atoms with Crippen LogP contribution < -0.4 is 5.32 Å². The van der Waals surface area contributed by atoms with Gasteiger partial charge in [-0.1, -0.05) is 23.7 Å². The van der Waals surface area contributed by atoms with E-state index in [-0.39, 0.29) is 11.6 Å². The van der Waals surface area contributed by atoms with Gasteiger partial charge < -0.3 is 5.32 Å². The summed E-state index contributed by atoms with van der Waals surface area (Å²) < 4.78 is 25.9. The minimum atomic E-state index is -1.04. The molecule has 0 aliphatic heterocycles. The molecule has 2 rings (SSSR count). The van der Waals surface area contributed by atoms with Crippen molar-refractivity contribution in [3.05, 3.63) is 70.2 Å². The summed E-state index contributed by atoms with van der Waals surface area (Å²) >= 11 is 5.79. The van der Waals surface area contributed by atoms with Gasteiger partial charge in [-0.3, -0.25) is 4.79 Å². The Morgan fingerprint density at radius 3 is 2.35 bits per heavy atom. The molecule has 5 heteroatoms. The van der Waals surface area contributed by atoms with Crippen LogP contribution in [0.1, 0.15) is 28.9 Å². The molecular formula is C15H12ClF2NO. The zero-order valence-corrected chi connectivity index (χ0v) is 11.4. The summed E-state index contributed by atoms with van der Waals surface area (Å²) in [7, 11) is 0. The Bertz CT molecular complexity index is 628. The van der Waals surface area contributed by atoms with Crippen LogP contribution in [0.5, 0.6) is 0 Å². The Kier molecular flexibility index (Phi) is 4.35. The first-order chi connectivity index (χ1) is 9.47. The Labute approximate surface area is 120 Å². The molecule has 0 radical (unpaired) electrons. The standard InChI is InChI=1S/C15H12ClF2NO/c1-9(10-2-5-12(16)6-3-10)19-15(20)11-4-7-13(17)14(18)8-11/h2-9H,1H3,(H,19,20)/t9-/m0/s1. The maximum Gasteiger partial charge on any atom is 0.251 e. The first kappa shape index (κ1) is 14.5. The minimum Gasteiger partial charge on any atom is -0.346 e. The molecule has 1 atom stereocenters. The summed E-state index contributed by atoms with van der Waals surface area (Å²) in [6.45, 7) is 1.79. The Hall–Kier alpha value is -1.94. The van der Waals surface area contributed by atoms with Crippen LogP contribution in [0.3, 0.4) is 0 Å². The number of halogens is 3. The molecule has 0 aliphatic carbocycles. The van der Waals surface area contributed by atoms with Crippen molar-refractivity contribution in [1.82, 2.24) is 5.32 Å². The molecule has 0 saturated heterocycles. The molecule has 0 bridgehead atoms. The van der Waals surface area contributed by atoms with Crippen molar-refractivity contribution in [1.29, 1.82) is 0 Å². The van der Waals surface area contributed by atoms with Gasteiger partial charge in [0.2, 0.25) is 0 Å². The van der Waals surface area contributed by atoms with Crippen LogP contribution in [0.15, 0.2) is 42.5 Å². The van der Waals surface area contributed by atoms with Crippen molar-refractivity contribution >= 4 is 17.5 Å². The summed E-state index contributed by atoms with van der Waals surface area (Å²) in [5.74, 6) is -2.49. The summed E-state index contributed by atoms with van der Waals surface area (Å²) in [5.41, 5.74) is 0.940. The van der Waals surface area contributed by atoms with Gasteiger partial charge in [0, 0.05) is 10.6 Å². The lowest BCUT2D eigenvalue weighted by Crippen LogP contribution is -2.26. The third-order valence-corrected chi connectivity index (χ3v) is 3.15. The predicted octanol–water partition coefficient (Wildman–Crippen LogP) is 4.11. The maximum atomic E-state index is 13.1. The van der Waals surface area contributed by atoms with Gasteiger partial charge in [-0.2, -0.15) is 0 Å². The Balaban J connectivity index is 2.10. The van der Waals surface area contributed by atoms with E-state index in [1.54, 1.807) is 31.2 Å². The summed E-state index contributed by atoms with van der Waals surface area (Å²) in [6, 6.07) is 9.79. The van der Waals surface area contributed by atoms with E-state index < -0.39 is 17.5 Å². The van der Waals surface area contributed by atoms with Gasteiger partial charge in [-0.05, 0) is 42.8 Å². The Morgan fingerprint density at radius 2 is 1.75 bits per heavy atom.